The van der Waals surface area contributed by atoms with Crippen LogP contribution in [0.5, 0.6) is 5.75 Å². The molecule has 1 saturated heterocycles. The molecular formula is C22H28N4O4S. The van der Waals surface area contributed by atoms with Gasteiger partial charge in [0.15, 0.2) is 6.10 Å². The number of piperazine rings is 1. The van der Waals surface area contributed by atoms with Gasteiger partial charge >= 0.3 is 0 Å². The summed E-state index contributed by atoms with van der Waals surface area (Å²) in [5.74, 6) is -0.0434. The third-order valence-corrected chi connectivity index (χ3v) is 7.48. The molecule has 0 radical (unpaired) electrons. The average Bonchev–Trinajstić information content (AvgIpc) is 2.79. The Kier molecular flexibility index (Phi) is 6.06. The Morgan fingerprint density at radius 3 is 2.42 bits per heavy atom. The van der Waals surface area contributed by atoms with Crippen LogP contribution in [0.1, 0.15) is 6.92 Å². The van der Waals surface area contributed by atoms with Crippen LogP contribution < -0.4 is 19.3 Å². The number of anilines is 3. The van der Waals surface area contributed by atoms with Crippen molar-refractivity contribution in [2.75, 3.05) is 60.0 Å². The SMILES string of the molecule is CCS(=O)(=O)N1CC(C(=O)Nc2ccc(N3CCN(C)CC3)cc2)Oc2ccccc21. The minimum atomic E-state index is -3.53. The van der Waals surface area contributed by atoms with Gasteiger partial charge in [0, 0.05) is 37.6 Å². The molecule has 2 aliphatic rings. The van der Waals surface area contributed by atoms with Crippen LogP contribution in [-0.2, 0) is 14.8 Å². The van der Waals surface area contributed by atoms with E-state index < -0.39 is 16.1 Å². The molecule has 0 bridgehead atoms. The first kappa shape index (κ1) is 21.5. The highest BCUT2D eigenvalue weighted by Gasteiger charge is 2.35. The Labute approximate surface area is 183 Å². The van der Waals surface area contributed by atoms with Crippen molar-refractivity contribution in [2.45, 2.75) is 13.0 Å². The third-order valence-electron chi connectivity index (χ3n) is 5.73. The van der Waals surface area contributed by atoms with Crippen molar-refractivity contribution < 1.29 is 17.9 Å². The fourth-order valence-electron chi connectivity index (χ4n) is 3.80. The second kappa shape index (κ2) is 8.76. The summed E-state index contributed by atoms with van der Waals surface area (Å²) < 4.78 is 32.3. The predicted octanol–water partition coefficient (Wildman–Crippen LogP) is 1.99. The molecule has 2 heterocycles. The summed E-state index contributed by atoms with van der Waals surface area (Å²) in [4.78, 5) is 17.5. The molecule has 8 nitrogen and oxygen atoms in total. The summed E-state index contributed by atoms with van der Waals surface area (Å²) in [6.45, 7) is 5.52. The van der Waals surface area contributed by atoms with E-state index in [0.717, 1.165) is 31.9 Å². The van der Waals surface area contributed by atoms with E-state index >= 15 is 0 Å². The Hall–Kier alpha value is -2.78. The fraction of sp³-hybridized carbons (Fsp3) is 0.409. The van der Waals surface area contributed by atoms with Crippen LogP contribution in [0, 0.1) is 0 Å². The van der Waals surface area contributed by atoms with Gasteiger partial charge in [-0.25, -0.2) is 8.42 Å². The number of ether oxygens (including phenoxy) is 1. The quantitative estimate of drug-likeness (QED) is 0.760. The Morgan fingerprint density at radius 1 is 1.06 bits per heavy atom. The summed E-state index contributed by atoms with van der Waals surface area (Å²) in [6.07, 6.45) is -0.937. The highest BCUT2D eigenvalue weighted by Crippen LogP contribution is 2.35. The van der Waals surface area contributed by atoms with E-state index in [1.165, 1.54) is 4.31 Å². The molecule has 1 fully saturated rings. The first-order valence-electron chi connectivity index (χ1n) is 10.5. The van der Waals surface area contributed by atoms with Crippen LogP contribution in [0.4, 0.5) is 17.1 Å². The molecule has 0 aliphatic carbocycles. The number of hydrogen-bond acceptors (Lipinski definition) is 6. The van der Waals surface area contributed by atoms with E-state index in [1.54, 1.807) is 31.2 Å². The van der Waals surface area contributed by atoms with Crippen molar-refractivity contribution in [3.63, 3.8) is 0 Å². The monoisotopic (exact) mass is 444 g/mol. The molecule has 4 rings (SSSR count). The lowest BCUT2D eigenvalue weighted by Crippen LogP contribution is -2.49. The first-order valence-corrected chi connectivity index (χ1v) is 12.1. The van der Waals surface area contributed by atoms with E-state index in [1.807, 2.05) is 24.3 Å². The summed E-state index contributed by atoms with van der Waals surface area (Å²) in [5.41, 5.74) is 2.23. The van der Waals surface area contributed by atoms with Gasteiger partial charge in [0.25, 0.3) is 5.91 Å². The second-order valence-electron chi connectivity index (χ2n) is 7.83. The molecule has 1 N–H and O–H groups in total. The Balaban J connectivity index is 1.46. The number of benzene rings is 2. The number of hydrogen-bond donors (Lipinski definition) is 1. The molecule has 31 heavy (non-hydrogen) atoms. The zero-order valence-corrected chi connectivity index (χ0v) is 18.6. The van der Waals surface area contributed by atoms with Crippen molar-refractivity contribution in [2.24, 2.45) is 0 Å². The van der Waals surface area contributed by atoms with Gasteiger partial charge in [-0.1, -0.05) is 12.1 Å². The maximum atomic E-state index is 12.9. The number of amides is 1. The van der Waals surface area contributed by atoms with Crippen LogP contribution in [0.15, 0.2) is 48.5 Å². The van der Waals surface area contributed by atoms with Gasteiger partial charge in [-0.05, 0) is 50.4 Å². The topological polar surface area (TPSA) is 82.2 Å². The average molecular weight is 445 g/mol. The smallest absolute Gasteiger partial charge is 0.267 e. The first-order chi connectivity index (χ1) is 14.9. The maximum Gasteiger partial charge on any atom is 0.267 e. The number of carbonyl (C=O) groups is 1. The number of nitrogens with zero attached hydrogens (tertiary/aromatic N) is 3. The lowest BCUT2D eigenvalue weighted by molar-refractivity contribution is -0.122. The molecule has 9 heteroatoms. The van der Waals surface area contributed by atoms with E-state index in [0.29, 0.717) is 17.1 Å². The standard InChI is InChI=1S/C22H28N4O4S/c1-3-31(28,29)26-16-21(30-20-7-5-4-6-19(20)26)22(27)23-17-8-10-18(11-9-17)25-14-12-24(2)13-15-25/h4-11,21H,3,12-16H2,1-2H3,(H,23,27). The number of carbonyl (C=O) groups excluding carboxylic acids is 1. The van der Waals surface area contributed by atoms with Gasteiger partial charge in [-0.3, -0.25) is 9.10 Å². The Morgan fingerprint density at radius 2 is 1.74 bits per heavy atom. The molecule has 2 aromatic rings. The number of likely N-dealkylation sites (N-methyl/N-ethyl adjacent to an activating group) is 1. The van der Waals surface area contributed by atoms with E-state index in [-0.39, 0.29) is 18.2 Å². The molecule has 0 saturated carbocycles. The third kappa shape index (κ3) is 4.62. The van der Waals surface area contributed by atoms with Crippen molar-refractivity contribution in [3.05, 3.63) is 48.5 Å². The minimum absolute atomic E-state index is 0.0522. The molecule has 2 aromatic carbocycles. The molecule has 1 amide bonds. The number of rotatable bonds is 5. The lowest BCUT2D eigenvalue weighted by atomic mass is 10.2. The minimum Gasteiger partial charge on any atom is -0.476 e. The zero-order valence-electron chi connectivity index (χ0n) is 17.8. The number of para-hydroxylation sites is 2. The molecule has 2 aliphatic heterocycles. The Bertz CT molecular complexity index is 1030. The van der Waals surface area contributed by atoms with Gasteiger partial charge in [0.05, 0.1) is 18.0 Å². The highest BCUT2D eigenvalue weighted by atomic mass is 32.2. The van der Waals surface area contributed by atoms with Crippen LogP contribution in [0.25, 0.3) is 0 Å². The molecule has 0 aromatic heterocycles. The van der Waals surface area contributed by atoms with Crippen LogP contribution in [-0.4, -0.2) is 70.9 Å². The van der Waals surface area contributed by atoms with E-state index in [2.05, 4.69) is 22.2 Å². The van der Waals surface area contributed by atoms with Crippen LogP contribution in [0.2, 0.25) is 0 Å². The maximum absolute atomic E-state index is 12.9. The lowest BCUT2D eigenvalue weighted by Gasteiger charge is -2.34. The van der Waals surface area contributed by atoms with Gasteiger partial charge in [0.2, 0.25) is 10.0 Å². The highest BCUT2D eigenvalue weighted by molar-refractivity contribution is 7.92. The summed E-state index contributed by atoms with van der Waals surface area (Å²) >= 11 is 0. The molecule has 0 spiro atoms. The van der Waals surface area contributed by atoms with E-state index in [4.69, 9.17) is 4.74 Å². The molecule has 1 atom stereocenters. The van der Waals surface area contributed by atoms with E-state index in [9.17, 15) is 13.2 Å². The molecular weight excluding hydrogens is 416 g/mol. The zero-order chi connectivity index (χ0) is 22.0. The van der Waals surface area contributed by atoms with Gasteiger partial charge in [-0.15, -0.1) is 0 Å². The van der Waals surface area contributed by atoms with Crippen molar-refractivity contribution >= 4 is 33.0 Å². The number of fused-ring (bicyclic) bond motifs is 1. The second-order valence-corrected chi connectivity index (χ2v) is 10.0. The molecule has 166 valence electrons. The number of sulfonamides is 1. The van der Waals surface area contributed by atoms with Crippen LogP contribution >= 0.6 is 0 Å². The predicted molar refractivity (Wildman–Crippen MR) is 122 cm³/mol. The summed E-state index contributed by atoms with van der Waals surface area (Å²) in [6, 6.07) is 14.6. The van der Waals surface area contributed by atoms with Crippen molar-refractivity contribution in [3.8, 4) is 5.75 Å². The van der Waals surface area contributed by atoms with Gasteiger partial charge in [0.1, 0.15) is 5.75 Å². The summed E-state index contributed by atoms with van der Waals surface area (Å²) in [7, 11) is -1.41. The van der Waals surface area contributed by atoms with Crippen LogP contribution in [0.3, 0.4) is 0 Å². The van der Waals surface area contributed by atoms with Crippen molar-refractivity contribution in [1.29, 1.82) is 0 Å². The normalized spacial score (nSPS) is 19.5. The number of nitrogens with one attached hydrogen (secondary N) is 1. The fourth-order valence-corrected chi connectivity index (χ4v) is 4.93. The largest absolute Gasteiger partial charge is 0.476 e. The molecule has 1 unspecified atom stereocenters. The van der Waals surface area contributed by atoms with Gasteiger partial charge in [-0.2, -0.15) is 0 Å². The van der Waals surface area contributed by atoms with Gasteiger partial charge < -0.3 is 19.9 Å². The van der Waals surface area contributed by atoms with Crippen molar-refractivity contribution in [1.82, 2.24) is 4.90 Å². The summed E-state index contributed by atoms with van der Waals surface area (Å²) in [5, 5.41) is 2.86.